The molecule has 0 spiro atoms. The van der Waals surface area contributed by atoms with E-state index in [-0.39, 0.29) is 18.0 Å². The Hall–Kier alpha value is -2.30. The molecule has 2 heterocycles. The molecule has 26 heavy (non-hydrogen) atoms. The average molecular weight is 353 g/mol. The van der Waals surface area contributed by atoms with Gasteiger partial charge >= 0.3 is 6.03 Å². The van der Waals surface area contributed by atoms with Crippen LogP contribution < -0.4 is 10.2 Å². The highest BCUT2D eigenvalue weighted by atomic mass is 16.2. The third-order valence-corrected chi connectivity index (χ3v) is 5.83. The molecule has 3 fully saturated rings. The second-order valence-electron chi connectivity index (χ2n) is 7.70. The SMILES string of the molecule is Cc1cc(/C=C2\NC(=O)N(C3CCCCC3)C2=O)ccc1N1CCCC1. The number of hydrogen-bond acceptors (Lipinski definition) is 3. The molecule has 1 saturated carbocycles. The lowest BCUT2D eigenvalue weighted by atomic mass is 9.94. The van der Waals surface area contributed by atoms with Gasteiger partial charge in [0.25, 0.3) is 5.91 Å². The van der Waals surface area contributed by atoms with Crippen molar-refractivity contribution in [2.75, 3.05) is 18.0 Å². The summed E-state index contributed by atoms with van der Waals surface area (Å²) in [5.74, 6) is -0.178. The Kier molecular flexibility index (Phi) is 4.70. The van der Waals surface area contributed by atoms with Crippen molar-refractivity contribution in [3.63, 3.8) is 0 Å². The van der Waals surface area contributed by atoms with Crippen LogP contribution in [0.5, 0.6) is 0 Å². The van der Waals surface area contributed by atoms with Gasteiger partial charge in [-0.1, -0.05) is 25.3 Å². The molecule has 0 unspecified atom stereocenters. The van der Waals surface area contributed by atoms with Crippen LogP contribution in [-0.4, -0.2) is 36.0 Å². The first-order chi connectivity index (χ1) is 12.6. The normalized spacial score (nSPS) is 23.2. The number of urea groups is 1. The Morgan fingerprint density at radius 1 is 1.04 bits per heavy atom. The minimum absolute atomic E-state index is 0.0569. The van der Waals surface area contributed by atoms with Gasteiger partial charge in [0.2, 0.25) is 0 Å². The van der Waals surface area contributed by atoms with Crippen molar-refractivity contribution in [2.45, 2.75) is 57.9 Å². The van der Waals surface area contributed by atoms with E-state index >= 15 is 0 Å². The van der Waals surface area contributed by atoms with Gasteiger partial charge in [-0.2, -0.15) is 0 Å². The van der Waals surface area contributed by atoms with Crippen LogP contribution in [0, 0.1) is 6.92 Å². The van der Waals surface area contributed by atoms with Crippen LogP contribution in [-0.2, 0) is 4.79 Å². The molecular formula is C21H27N3O2. The third kappa shape index (κ3) is 3.22. The second kappa shape index (κ2) is 7.14. The summed E-state index contributed by atoms with van der Waals surface area (Å²) in [6.07, 6.45) is 9.56. The van der Waals surface area contributed by atoms with Crippen molar-refractivity contribution in [3.05, 3.63) is 35.0 Å². The molecule has 5 nitrogen and oxygen atoms in total. The number of carbonyl (C=O) groups excluding carboxylic acids is 2. The Bertz CT molecular complexity index is 744. The molecule has 1 aliphatic carbocycles. The summed E-state index contributed by atoms with van der Waals surface area (Å²) in [5, 5.41) is 2.78. The van der Waals surface area contributed by atoms with E-state index in [9.17, 15) is 9.59 Å². The molecule has 0 radical (unpaired) electrons. The highest BCUT2D eigenvalue weighted by Crippen LogP contribution is 2.28. The number of imide groups is 1. The maximum absolute atomic E-state index is 12.7. The average Bonchev–Trinajstić information content (AvgIpc) is 3.25. The molecule has 2 aliphatic heterocycles. The highest BCUT2D eigenvalue weighted by molar-refractivity contribution is 6.14. The lowest BCUT2D eigenvalue weighted by molar-refractivity contribution is -0.124. The zero-order valence-corrected chi connectivity index (χ0v) is 15.5. The largest absolute Gasteiger partial charge is 0.371 e. The van der Waals surface area contributed by atoms with Crippen molar-refractivity contribution in [1.29, 1.82) is 0 Å². The van der Waals surface area contributed by atoms with E-state index in [1.807, 2.05) is 12.1 Å². The Morgan fingerprint density at radius 2 is 1.77 bits per heavy atom. The number of amides is 3. The van der Waals surface area contributed by atoms with E-state index in [0.717, 1.165) is 44.3 Å². The van der Waals surface area contributed by atoms with Crippen molar-refractivity contribution >= 4 is 23.7 Å². The van der Waals surface area contributed by atoms with Gasteiger partial charge < -0.3 is 10.2 Å². The number of anilines is 1. The molecule has 0 bridgehead atoms. The molecule has 0 atom stereocenters. The van der Waals surface area contributed by atoms with Crippen molar-refractivity contribution in [3.8, 4) is 0 Å². The summed E-state index contributed by atoms with van der Waals surface area (Å²) in [6, 6.07) is 6.06. The van der Waals surface area contributed by atoms with Crippen molar-refractivity contribution in [1.82, 2.24) is 10.2 Å². The number of rotatable bonds is 3. The zero-order chi connectivity index (χ0) is 18.1. The van der Waals surface area contributed by atoms with Crippen LogP contribution in [0.1, 0.15) is 56.1 Å². The van der Waals surface area contributed by atoms with Crippen molar-refractivity contribution < 1.29 is 9.59 Å². The molecule has 1 aromatic carbocycles. The van der Waals surface area contributed by atoms with Crippen LogP contribution in [0.3, 0.4) is 0 Å². The summed E-state index contributed by atoms with van der Waals surface area (Å²) in [7, 11) is 0. The van der Waals surface area contributed by atoms with Crippen LogP contribution in [0.2, 0.25) is 0 Å². The second-order valence-corrected chi connectivity index (χ2v) is 7.70. The van der Waals surface area contributed by atoms with Crippen LogP contribution >= 0.6 is 0 Å². The Balaban J connectivity index is 1.53. The number of nitrogens with one attached hydrogen (secondary N) is 1. The van der Waals surface area contributed by atoms with Gasteiger partial charge in [0.15, 0.2) is 0 Å². The van der Waals surface area contributed by atoms with Gasteiger partial charge in [-0.05, 0) is 61.9 Å². The van der Waals surface area contributed by atoms with Gasteiger partial charge in [-0.15, -0.1) is 0 Å². The van der Waals surface area contributed by atoms with E-state index in [4.69, 9.17) is 0 Å². The molecule has 4 rings (SSSR count). The minimum Gasteiger partial charge on any atom is -0.371 e. The molecule has 1 N–H and O–H groups in total. The fraction of sp³-hybridized carbons (Fsp3) is 0.524. The fourth-order valence-corrected chi connectivity index (χ4v) is 4.47. The minimum atomic E-state index is -0.265. The predicted octanol–water partition coefficient (Wildman–Crippen LogP) is 3.82. The summed E-state index contributed by atoms with van der Waals surface area (Å²) in [5.41, 5.74) is 3.84. The first-order valence-corrected chi connectivity index (χ1v) is 9.85. The topological polar surface area (TPSA) is 52.7 Å². The maximum Gasteiger partial charge on any atom is 0.329 e. The molecule has 138 valence electrons. The number of hydrogen-bond donors (Lipinski definition) is 1. The summed E-state index contributed by atoms with van der Waals surface area (Å²) < 4.78 is 0. The van der Waals surface area contributed by atoms with Crippen LogP contribution in [0.15, 0.2) is 23.9 Å². The number of carbonyl (C=O) groups is 2. The van der Waals surface area contributed by atoms with E-state index in [1.165, 1.54) is 35.4 Å². The van der Waals surface area contributed by atoms with E-state index < -0.39 is 0 Å². The zero-order valence-electron chi connectivity index (χ0n) is 15.5. The lowest BCUT2D eigenvalue weighted by Crippen LogP contribution is -2.41. The summed E-state index contributed by atoms with van der Waals surface area (Å²) in [4.78, 5) is 28.9. The van der Waals surface area contributed by atoms with Gasteiger partial charge in [-0.3, -0.25) is 9.69 Å². The van der Waals surface area contributed by atoms with Crippen LogP contribution in [0.4, 0.5) is 10.5 Å². The lowest BCUT2D eigenvalue weighted by Gasteiger charge is -2.28. The molecule has 2 saturated heterocycles. The smallest absolute Gasteiger partial charge is 0.329 e. The first kappa shape index (κ1) is 17.1. The monoisotopic (exact) mass is 353 g/mol. The Labute approximate surface area is 155 Å². The fourth-order valence-electron chi connectivity index (χ4n) is 4.47. The third-order valence-electron chi connectivity index (χ3n) is 5.83. The number of aryl methyl sites for hydroxylation is 1. The van der Waals surface area contributed by atoms with Gasteiger partial charge in [0, 0.05) is 24.8 Å². The first-order valence-electron chi connectivity index (χ1n) is 9.85. The molecule has 1 aromatic rings. The Morgan fingerprint density at radius 3 is 2.46 bits per heavy atom. The molecule has 3 amide bonds. The maximum atomic E-state index is 12.7. The number of nitrogens with zero attached hydrogens (tertiary/aromatic N) is 2. The van der Waals surface area contributed by atoms with Crippen molar-refractivity contribution in [2.24, 2.45) is 0 Å². The molecule has 5 heteroatoms. The quantitative estimate of drug-likeness (QED) is 0.664. The molecular weight excluding hydrogens is 326 g/mol. The van der Waals surface area contributed by atoms with E-state index in [2.05, 4.69) is 29.3 Å². The van der Waals surface area contributed by atoms with E-state index in [0.29, 0.717) is 5.70 Å². The number of benzene rings is 1. The van der Waals surface area contributed by atoms with Gasteiger partial charge in [0.05, 0.1) is 0 Å². The molecule has 0 aromatic heterocycles. The van der Waals surface area contributed by atoms with Gasteiger partial charge in [-0.25, -0.2) is 4.79 Å². The van der Waals surface area contributed by atoms with Gasteiger partial charge in [0.1, 0.15) is 5.70 Å². The van der Waals surface area contributed by atoms with Crippen LogP contribution in [0.25, 0.3) is 6.08 Å². The predicted molar refractivity (Wildman–Crippen MR) is 103 cm³/mol. The van der Waals surface area contributed by atoms with E-state index in [1.54, 1.807) is 0 Å². The molecule has 3 aliphatic rings. The highest BCUT2D eigenvalue weighted by Gasteiger charge is 2.38. The summed E-state index contributed by atoms with van der Waals surface area (Å²) >= 11 is 0. The summed E-state index contributed by atoms with van der Waals surface area (Å²) in [6.45, 7) is 4.34. The standard InChI is InChI=1S/C21H27N3O2/c1-15-13-16(9-10-19(15)23-11-5-6-12-23)14-18-20(25)24(21(26)22-18)17-7-3-2-4-8-17/h9-10,13-14,17H,2-8,11-12H2,1H3,(H,22,26)/b18-14-.